The molecule has 0 unspecified atom stereocenters. The Bertz CT molecular complexity index is 1160. The van der Waals surface area contributed by atoms with Gasteiger partial charge in [0.25, 0.3) is 0 Å². The monoisotopic (exact) mass is 398 g/mol. The van der Waals surface area contributed by atoms with Crippen LogP contribution < -0.4 is 5.32 Å². The summed E-state index contributed by atoms with van der Waals surface area (Å²) in [6, 6.07) is 17.2. The predicted molar refractivity (Wildman–Crippen MR) is 115 cm³/mol. The molecule has 1 saturated carbocycles. The van der Waals surface area contributed by atoms with E-state index in [-0.39, 0.29) is 11.8 Å². The lowest BCUT2D eigenvalue weighted by molar-refractivity contribution is -0.120. The molecule has 7 heteroatoms. The molecule has 1 fully saturated rings. The van der Waals surface area contributed by atoms with Crippen LogP contribution in [0.3, 0.4) is 0 Å². The quantitative estimate of drug-likeness (QED) is 0.552. The van der Waals surface area contributed by atoms with E-state index in [2.05, 4.69) is 20.5 Å². The normalized spacial score (nSPS) is 14.7. The first-order valence-corrected chi connectivity index (χ1v) is 10.3. The van der Waals surface area contributed by atoms with Gasteiger partial charge < -0.3 is 5.32 Å². The van der Waals surface area contributed by atoms with Gasteiger partial charge in [-0.05, 0) is 49.2 Å². The Hall–Kier alpha value is -3.61. The number of rotatable bonds is 4. The molecule has 7 nitrogen and oxygen atoms in total. The molecule has 1 aliphatic rings. The average Bonchev–Trinajstić information content (AvgIpc) is 3.24. The van der Waals surface area contributed by atoms with Gasteiger partial charge in [-0.2, -0.15) is 9.61 Å². The molecule has 1 N–H and O–H groups in total. The van der Waals surface area contributed by atoms with Crippen molar-refractivity contribution >= 4 is 17.2 Å². The number of aromatic nitrogens is 5. The van der Waals surface area contributed by atoms with Crippen LogP contribution in [0.4, 0.5) is 5.69 Å². The van der Waals surface area contributed by atoms with Gasteiger partial charge >= 0.3 is 0 Å². The fourth-order valence-electron chi connectivity index (χ4n) is 3.93. The summed E-state index contributed by atoms with van der Waals surface area (Å²) in [5.41, 5.74) is 3.94. The maximum atomic E-state index is 12.5. The van der Waals surface area contributed by atoms with Crippen molar-refractivity contribution in [3.8, 4) is 22.8 Å². The molecule has 0 aliphatic heterocycles. The van der Waals surface area contributed by atoms with Crippen molar-refractivity contribution in [2.75, 3.05) is 5.32 Å². The van der Waals surface area contributed by atoms with Gasteiger partial charge in [0.15, 0.2) is 5.65 Å². The van der Waals surface area contributed by atoms with Gasteiger partial charge in [-0.1, -0.05) is 37.5 Å². The Morgan fingerprint density at radius 1 is 0.900 bits per heavy atom. The van der Waals surface area contributed by atoms with Crippen molar-refractivity contribution in [1.29, 1.82) is 0 Å². The summed E-state index contributed by atoms with van der Waals surface area (Å²) >= 11 is 0. The summed E-state index contributed by atoms with van der Waals surface area (Å²) in [7, 11) is 0. The SMILES string of the molecule is O=C(Nc1ccc(-c2ccc3nnc(-c4ccccn4)n3n2)cc1)C1CCCCC1. The highest BCUT2D eigenvalue weighted by atomic mass is 16.1. The van der Waals surface area contributed by atoms with Gasteiger partial charge in [0.05, 0.1) is 5.69 Å². The van der Waals surface area contributed by atoms with Crippen molar-refractivity contribution in [1.82, 2.24) is 24.8 Å². The first kappa shape index (κ1) is 18.4. The molecule has 3 aromatic heterocycles. The standard InChI is InChI=1S/C23H22N6O/c30-23(17-6-2-1-3-7-17)25-18-11-9-16(10-12-18)19-13-14-21-26-27-22(29(21)28-19)20-8-4-5-15-24-20/h4-5,8-15,17H,1-3,6-7H2,(H,25,30). The van der Waals surface area contributed by atoms with Crippen LogP contribution in [0.2, 0.25) is 0 Å². The molecular weight excluding hydrogens is 376 g/mol. The largest absolute Gasteiger partial charge is 0.326 e. The van der Waals surface area contributed by atoms with E-state index in [1.54, 1.807) is 10.7 Å². The molecule has 0 radical (unpaired) electrons. The Morgan fingerprint density at radius 2 is 1.73 bits per heavy atom. The Kier molecular flexibility index (Phi) is 4.93. The van der Waals surface area contributed by atoms with E-state index in [0.29, 0.717) is 11.5 Å². The zero-order chi connectivity index (χ0) is 20.3. The molecule has 150 valence electrons. The number of fused-ring (bicyclic) bond motifs is 1. The Balaban J connectivity index is 1.38. The topological polar surface area (TPSA) is 85.1 Å². The number of benzene rings is 1. The van der Waals surface area contributed by atoms with E-state index in [0.717, 1.165) is 48.3 Å². The maximum absolute atomic E-state index is 12.5. The van der Waals surface area contributed by atoms with Gasteiger partial charge in [-0.3, -0.25) is 9.78 Å². The van der Waals surface area contributed by atoms with Crippen LogP contribution in [-0.2, 0) is 4.79 Å². The number of nitrogens with one attached hydrogen (secondary N) is 1. The highest BCUT2D eigenvalue weighted by molar-refractivity contribution is 5.92. The minimum Gasteiger partial charge on any atom is -0.326 e. The zero-order valence-electron chi connectivity index (χ0n) is 16.5. The van der Waals surface area contributed by atoms with Gasteiger partial charge in [-0.15, -0.1) is 10.2 Å². The molecule has 0 spiro atoms. The number of hydrogen-bond acceptors (Lipinski definition) is 5. The number of hydrogen-bond donors (Lipinski definition) is 1. The molecule has 4 aromatic rings. The lowest BCUT2D eigenvalue weighted by Gasteiger charge is -2.20. The summed E-state index contributed by atoms with van der Waals surface area (Å²) in [6.45, 7) is 0. The summed E-state index contributed by atoms with van der Waals surface area (Å²) in [5.74, 6) is 0.872. The third kappa shape index (κ3) is 3.66. The predicted octanol–water partition coefficient (Wildman–Crippen LogP) is 4.37. The summed E-state index contributed by atoms with van der Waals surface area (Å²) in [5, 5.41) is 16.2. The lowest BCUT2D eigenvalue weighted by Crippen LogP contribution is -2.24. The Labute approximate surface area is 174 Å². The van der Waals surface area contributed by atoms with E-state index >= 15 is 0 Å². The smallest absolute Gasteiger partial charge is 0.227 e. The minimum atomic E-state index is 0.131. The summed E-state index contributed by atoms with van der Waals surface area (Å²) in [6.07, 6.45) is 7.24. The number of carbonyl (C=O) groups excluding carboxylic acids is 1. The number of pyridine rings is 1. The number of amides is 1. The molecule has 5 rings (SSSR count). The highest BCUT2D eigenvalue weighted by Crippen LogP contribution is 2.26. The molecule has 0 saturated heterocycles. The average molecular weight is 398 g/mol. The maximum Gasteiger partial charge on any atom is 0.227 e. The van der Waals surface area contributed by atoms with E-state index in [1.807, 2.05) is 54.6 Å². The molecule has 1 aliphatic carbocycles. The van der Waals surface area contributed by atoms with Crippen LogP contribution in [0.5, 0.6) is 0 Å². The molecule has 3 heterocycles. The molecule has 0 atom stereocenters. The molecule has 30 heavy (non-hydrogen) atoms. The van der Waals surface area contributed by atoms with Gasteiger partial charge in [-0.25, -0.2) is 0 Å². The number of nitrogens with zero attached hydrogens (tertiary/aromatic N) is 5. The minimum absolute atomic E-state index is 0.131. The molecule has 1 amide bonds. The summed E-state index contributed by atoms with van der Waals surface area (Å²) in [4.78, 5) is 16.8. The second-order valence-corrected chi connectivity index (χ2v) is 7.63. The van der Waals surface area contributed by atoms with Crippen LogP contribution in [0.25, 0.3) is 28.4 Å². The van der Waals surface area contributed by atoms with E-state index in [9.17, 15) is 4.79 Å². The van der Waals surface area contributed by atoms with Gasteiger partial charge in [0.2, 0.25) is 11.7 Å². The van der Waals surface area contributed by atoms with Crippen molar-refractivity contribution in [3.05, 3.63) is 60.8 Å². The van der Waals surface area contributed by atoms with Crippen LogP contribution in [-0.4, -0.2) is 30.7 Å². The first-order valence-electron chi connectivity index (χ1n) is 10.3. The fraction of sp³-hybridized carbons (Fsp3) is 0.261. The third-order valence-corrected chi connectivity index (χ3v) is 5.58. The van der Waals surface area contributed by atoms with E-state index < -0.39 is 0 Å². The first-order chi connectivity index (χ1) is 14.8. The van der Waals surface area contributed by atoms with Crippen LogP contribution in [0.15, 0.2) is 60.8 Å². The van der Waals surface area contributed by atoms with Crippen molar-refractivity contribution in [2.24, 2.45) is 5.92 Å². The lowest BCUT2D eigenvalue weighted by atomic mass is 9.88. The van der Waals surface area contributed by atoms with E-state index in [1.165, 1.54) is 6.42 Å². The Morgan fingerprint density at radius 3 is 2.50 bits per heavy atom. The van der Waals surface area contributed by atoms with Crippen molar-refractivity contribution < 1.29 is 4.79 Å². The second kappa shape index (κ2) is 8.02. The van der Waals surface area contributed by atoms with Crippen LogP contribution >= 0.6 is 0 Å². The number of carbonyl (C=O) groups is 1. The molecule has 1 aromatic carbocycles. The zero-order valence-corrected chi connectivity index (χ0v) is 16.5. The van der Waals surface area contributed by atoms with Crippen molar-refractivity contribution in [3.63, 3.8) is 0 Å². The van der Waals surface area contributed by atoms with Crippen molar-refractivity contribution in [2.45, 2.75) is 32.1 Å². The van der Waals surface area contributed by atoms with Gasteiger partial charge in [0, 0.05) is 23.4 Å². The third-order valence-electron chi connectivity index (χ3n) is 5.58. The van der Waals surface area contributed by atoms with E-state index in [4.69, 9.17) is 5.10 Å². The molecular formula is C23H22N6O. The highest BCUT2D eigenvalue weighted by Gasteiger charge is 2.21. The van der Waals surface area contributed by atoms with Gasteiger partial charge in [0.1, 0.15) is 5.69 Å². The number of anilines is 1. The summed E-state index contributed by atoms with van der Waals surface area (Å²) < 4.78 is 1.70. The van der Waals surface area contributed by atoms with Crippen LogP contribution in [0.1, 0.15) is 32.1 Å². The second-order valence-electron chi connectivity index (χ2n) is 7.63. The fourth-order valence-corrected chi connectivity index (χ4v) is 3.93. The molecule has 0 bridgehead atoms. The van der Waals surface area contributed by atoms with Crippen LogP contribution in [0, 0.1) is 5.92 Å².